The summed E-state index contributed by atoms with van der Waals surface area (Å²) < 4.78 is 6.13. The van der Waals surface area contributed by atoms with Gasteiger partial charge in [-0.2, -0.15) is 5.26 Å². The second kappa shape index (κ2) is 8.20. The minimum atomic E-state index is -0.0731. The normalized spacial score (nSPS) is 17.2. The molecule has 0 N–H and O–H groups in total. The van der Waals surface area contributed by atoms with Crippen molar-refractivity contribution in [1.82, 2.24) is 4.98 Å². The first-order valence-corrected chi connectivity index (χ1v) is 9.36. The number of aryl methyl sites for hydroxylation is 2. The second-order valence-electron chi connectivity index (χ2n) is 7.28. The van der Waals surface area contributed by atoms with Crippen molar-refractivity contribution in [3.05, 3.63) is 47.5 Å². The molecule has 1 saturated heterocycles. The number of benzene rings is 1. The highest BCUT2D eigenvalue weighted by atomic mass is 16.4. The molecule has 0 spiro atoms. The van der Waals surface area contributed by atoms with Crippen LogP contribution in [0.15, 0.2) is 34.7 Å². The van der Waals surface area contributed by atoms with E-state index in [0.29, 0.717) is 5.92 Å². The van der Waals surface area contributed by atoms with E-state index in [9.17, 15) is 5.26 Å². The predicted octanol–water partition coefficient (Wildman–Crippen LogP) is 4.54. The van der Waals surface area contributed by atoms with E-state index in [1.165, 1.54) is 5.56 Å². The van der Waals surface area contributed by atoms with Crippen molar-refractivity contribution < 1.29 is 4.42 Å². The molecule has 1 aliphatic rings. The van der Waals surface area contributed by atoms with Gasteiger partial charge in [-0.05, 0) is 43.6 Å². The SMILES string of the molecule is CC(C)Cc1nc(CCCc2ccccc2)oc1N1CCC[C@H]1C#N. The van der Waals surface area contributed by atoms with E-state index in [4.69, 9.17) is 9.40 Å². The maximum Gasteiger partial charge on any atom is 0.220 e. The maximum absolute atomic E-state index is 9.39. The average molecular weight is 337 g/mol. The Labute approximate surface area is 150 Å². The summed E-state index contributed by atoms with van der Waals surface area (Å²) in [4.78, 5) is 6.89. The van der Waals surface area contributed by atoms with Gasteiger partial charge >= 0.3 is 0 Å². The number of aromatic nitrogens is 1. The molecule has 4 nitrogen and oxygen atoms in total. The number of hydrogen-bond acceptors (Lipinski definition) is 4. The van der Waals surface area contributed by atoms with Gasteiger partial charge in [0.1, 0.15) is 11.7 Å². The number of hydrogen-bond donors (Lipinski definition) is 0. The van der Waals surface area contributed by atoms with Gasteiger partial charge in [-0.1, -0.05) is 44.2 Å². The molecule has 0 bridgehead atoms. The van der Waals surface area contributed by atoms with Gasteiger partial charge in [-0.15, -0.1) is 0 Å². The van der Waals surface area contributed by atoms with Crippen LogP contribution in [0.1, 0.15) is 50.3 Å². The summed E-state index contributed by atoms with van der Waals surface area (Å²) in [5.41, 5.74) is 2.37. The van der Waals surface area contributed by atoms with Gasteiger partial charge in [0.25, 0.3) is 0 Å². The van der Waals surface area contributed by atoms with E-state index in [2.05, 4.69) is 49.1 Å². The summed E-state index contributed by atoms with van der Waals surface area (Å²) in [6, 6.07) is 12.9. The third-order valence-corrected chi connectivity index (χ3v) is 4.68. The molecule has 2 aromatic rings. The zero-order valence-corrected chi connectivity index (χ0v) is 15.2. The van der Waals surface area contributed by atoms with Crippen LogP contribution in [-0.2, 0) is 19.3 Å². The minimum Gasteiger partial charge on any atom is -0.425 e. The summed E-state index contributed by atoms with van der Waals surface area (Å²) in [6.07, 6.45) is 5.75. The van der Waals surface area contributed by atoms with Gasteiger partial charge in [0.2, 0.25) is 5.88 Å². The lowest BCUT2D eigenvalue weighted by Gasteiger charge is -2.19. The van der Waals surface area contributed by atoms with Gasteiger partial charge in [0, 0.05) is 13.0 Å². The largest absolute Gasteiger partial charge is 0.425 e. The monoisotopic (exact) mass is 337 g/mol. The smallest absolute Gasteiger partial charge is 0.220 e. The van der Waals surface area contributed by atoms with Crippen LogP contribution in [0.2, 0.25) is 0 Å². The van der Waals surface area contributed by atoms with Crippen LogP contribution in [-0.4, -0.2) is 17.6 Å². The van der Waals surface area contributed by atoms with Crippen LogP contribution in [0.25, 0.3) is 0 Å². The molecule has 132 valence electrons. The van der Waals surface area contributed by atoms with Crippen molar-refractivity contribution in [2.75, 3.05) is 11.4 Å². The molecule has 4 heteroatoms. The van der Waals surface area contributed by atoms with Crippen molar-refractivity contribution in [3.63, 3.8) is 0 Å². The van der Waals surface area contributed by atoms with E-state index in [-0.39, 0.29) is 6.04 Å². The lowest BCUT2D eigenvalue weighted by atomic mass is 10.1. The molecule has 1 aromatic carbocycles. The molecule has 0 radical (unpaired) electrons. The van der Waals surface area contributed by atoms with E-state index >= 15 is 0 Å². The predicted molar refractivity (Wildman–Crippen MR) is 99.5 cm³/mol. The molecule has 0 amide bonds. The lowest BCUT2D eigenvalue weighted by Crippen LogP contribution is -2.28. The van der Waals surface area contributed by atoms with Crippen molar-refractivity contribution in [2.24, 2.45) is 5.92 Å². The van der Waals surface area contributed by atoms with Crippen LogP contribution in [0.3, 0.4) is 0 Å². The number of nitrogens with zero attached hydrogens (tertiary/aromatic N) is 3. The first-order chi connectivity index (χ1) is 12.2. The number of anilines is 1. The molecule has 1 atom stereocenters. The molecule has 1 aliphatic heterocycles. The third-order valence-electron chi connectivity index (χ3n) is 4.68. The van der Waals surface area contributed by atoms with Crippen LogP contribution in [0, 0.1) is 17.2 Å². The Hall–Kier alpha value is -2.28. The number of rotatable bonds is 7. The van der Waals surface area contributed by atoms with Crippen molar-refractivity contribution >= 4 is 5.88 Å². The van der Waals surface area contributed by atoms with Crippen LogP contribution in [0.4, 0.5) is 5.88 Å². The molecule has 0 aliphatic carbocycles. The van der Waals surface area contributed by atoms with E-state index in [1.54, 1.807) is 0 Å². The first kappa shape index (κ1) is 17.5. The topological polar surface area (TPSA) is 53.1 Å². The maximum atomic E-state index is 9.39. The molecule has 1 aromatic heterocycles. The minimum absolute atomic E-state index is 0.0731. The van der Waals surface area contributed by atoms with Gasteiger partial charge in [-0.25, -0.2) is 4.98 Å². The summed E-state index contributed by atoms with van der Waals surface area (Å²) in [5, 5.41) is 9.39. The fourth-order valence-electron chi connectivity index (χ4n) is 3.48. The fraction of sp³-hybridized carbons (Fsp3) is 0.524. The van der Waals surface area contributed by atoms with Crippen molar-refractivity contribution in [2.45, 2.75) is 58.4 Å². The number of oxazole rings is 1. The highest BCUT2D eigenvalue weighted by Gasteiger charge is 2.30. The lowest BCUT2D eigenvalue weighted by molar-refractivity contribution is 0.479. The molecule has 0 unspecified atom stereocenters. The van der Waals surface area contributed by atoms with Gasteiger partial charge in [0.05, 0.1) is 6.07 Å². The zero-order chi connectivity index (χ0) is 17.6. The highest BCUT2D eigenvalue weighted by Crippen LogP contribution is 2.31. The molecule has 3 rings (SSSR count). The zero-order valence-electron chi connectivity index (χ0n) is 15.2. The van der Waals surface area contributed by atoms with E-state index in [0.717, 1.165) is 62.5 Å². The Morgan fingerprint density at radius 3 is 2.80 bits per heavy atom. The van der Waals surface area contributed by atoms with Crippen molar-refractivity contribution in [3.8, 4) is 6.07 Å². The molecule has 0 saturated carbocycles. The quantitative estimate of drug-likeness (QED) is 0.744. The van der Waals surface area contributed by atoms with Crippen LogP contribution < -0.4 is 4.90 Å². The van der Waals surface area contributed by atoms with Crippen molar-refractivity contribution in [1.29, 1.82) is 5.26 Å². The Morgan fingerprint density at radius 1 is 1.28 bits per heavy atom. The van der Waals surface area contributed by atoms with Gasteiger partial charge in [0.15, 0.2) is 5.89 Å². The standard InChI is InChI=1S/C21H27N3O/c1-16(2)14-19-21(24-13-7-11-18(24)15-22)25-20(23-19)12-6-10-17-8-4-3-5-9-17/h3-5,8-9,16,18H,6-7,10-14H2,1-2H3/t18-/m0/s1. The second-order valence-corrected chi connectivity index (χ2v) is 7.28. The average Bonchev–Trinajstić information content (AvgIpc) is 3.21. The Morgan fingerprint density at radius 2 is 2.08 bits per heavy atom. The van der Waals surface area contributed by atoms with Gasteiger partial charge < -0.3 is 9.32 Å². The van der Waals surface area contributed by atoms with E-state index < -0.39 is 0 Å². The van der Waals surface area contributed by atoms with Gasteiger partial charge in [-0.3, -0.25) is 0 Å². The summed E-state index contributed by atoms with van der Waals surface area (Å²) in [5.74, 6) is 2.17. The molecule has 2 heterocycles. The molecular formula is C21H27N3O. The highest BCUT2D eigenvalue weighted by molar-refractivity contribution is 5.45. The molecule has 25 heavy (non-hydrogen) atoms. The number of nitriles is 1. The third kappa shape index (κ3) is 4.42. The molecular weight excluding hydrogens is 310 g/mol. The first-order valence-electron chi connectivity index (χ1n) is 9.36. The Balaban J connectivity index is 1.71. The Kier molecular flexibility index (Phi) is 5.75. The summed E-state index contributed by atoms with van der Waals surface area (Å²) in [7, 11) is 0. The summed E-state index contributed by atoms with van der Waals surface area (Å²) in [6.45, 7) is 5.28. The van der Waals surface area contributed by atoms with Crippen LogP contribution >= 0.6 is 0 Å². The van der Waals surface area contributed by atoms with Crippen LogP contribution in [0.5, 0.6) is 0 Å². The summed E-state index contributed by atoms with van der Waals surface area (Å²) >= 11 is 0. The Bertz CT molecular complexity index is 714. The molecule has 1 fully saturated rings. The fourth-order valence-corrected chi connectivity index (χ4v) is 3.48. The van der Waals surface area contributed by atoms with E-state index in [1.807, 2.05) is 6.07 Å².